The van der Waals surface area contributed by atoms with Crippen LogP contribution in [-0.2, 0) is 4.79 Å². The van der Waals surface area contributed by atoms with Crippen LogP contribution in [0.1, 0.15) is 42.3 Å². The van der Waals surface area contributed by atoms with Gasteiger partial charge in [-0.2, -0.15) is 0 Å². The van der Waals surface area contributed by atoms with Crippen molar-refractivity contribution in [1.29, 1.82) is 0 Å². The fourth-order valence-corrected chi connectivity index (χ4v) is 1.81. The molecule has 0 aliphatic heterocycles. The van der Waals surface area contributed by atoms with Gasteiger partial charge in [0.1, 0.15) is 5.75 Å². The van der Waals surface area contributed by atoms with Crippen molar-refractivity contribution in [3.63, 3.8) is 0 Å². The lowest BCUT2D eigenvalue weighted by atomic mass is 9.97. The quantitative estimate of drug-likeness (QED) is 0.485. The van der Waals surface area contributed by atoms with Crippen LogP contribution in [0, 0.1) is 12.3 Å². The molecular weight excluding hydrogens is 276 g/mol. The molecule has 0 N–H and O–H groups in total. The van der Waals surface area contributed by atoms with Crippen molar-refractivity contribution in [2.24, 2.45) is 5.41 Å². The summed E-state index contributed by atoms with van der Waals surface area (Å²) in [5.74, 6) is 0.0965. The van der Waals surface area contributed by atoms with E-state index in [1.165, 1.54) is 0 Å². The van der Waals surface area contributed by atoms with E-state index in [0.29, 0.717) is 16.9 Å². The van der Waals surface area contributed by atoms with Crippen molar-refractivity contribution < 1.29 is 14.3 Å². The minimum atomic E-state index is -0.559. The average Bonchev–Trinajstić information content (AvgIpc) is 2.47. The summed E-state index contributed by atoms with van der Waals surface area (Å²) in [7, 11) is 0. The highest BCUT2D eigenvalue weighted by Gasteiger charge is 2.23. The maximum Gasteiger partial charge on any atom is 0.316 e. The fourth-order valence-electron chi connectivity index (χ4n) is 1.81. The summed E-state index contributed by atoms with van der Waals surface area (Å²) >= 11 is 0. The first-order valence-electron chi connectivity index (χ1n) is 7.21. The van der Waals surface area contributed by atoms with Crippen LogP contribution in [0.5, 0.6) is 5.75 Å². The van der Waals surface area contributed by atoms with Gasteiger partial charge in [0.15, 0.2) is 5.78 Å². The van der Waals surface area contributed by atoms with Gasteiger partial charge in [-0.25, -0.2) is 0 Å². The van der Waals surface area contributed by atoms with Crippen molar-refractivity contribution in [1.82, 2.24) is 0 Å². The van der Waals surface area contributed by atoms with Crippen molar-refractivity contribution in [2.45, 2.75) is 27.7 Å². The minimum Gasteiger partial charge on any atom is -0.426 e. The van der Waals surface area contributed by atoms with E-state index in [9.17, 15) is 9.59 Å². The van der Waals surface area contributed by atoms with Gasteiger partial charge in [0.2, 0.25) is 0 Å². The number of benzene rings is 2. The Balaban J connectivity index is 2.13. The molecule has 0 saturated carbocycles. The van der Waals surface area contributed by atoms with Gasteiger partial charge in [0.05, 0.1) is 5.41 Å². The normalized spacial score (nSPS) is 11.1. The number of esters is 1. The standard InChI is InChI=1S/C19H20O3/c1-13-5-7-14(8-6-13)17(20)15-9-11-16(12-10-15)22-18(21)19(2,3)4/h5-12H,1-4H3. The van der Waals surface area contributed by atoms with E-state index < -0.39 is 5.41 Å². The first-order chi connectivity index (χ1) is 10.3. The number of rotatable bonds is 3. The van der Waals surface area contributed by atoms with Gasteiger partial charge >= 0.3 is 5.97 Å². The molecule has 2 rings (SSSR count). The van der Waals surface area contributed by atoms with Gasteiger partial charge in [-0.05, 0) is 52.0 Å². The lowest BCUT2D eigenvalue weighted by Crippen LogP contribution is -2.25. The molecular formula is C19H20O3. The monoisotopic (exact) mass is 296 g/mol. The molecule has 2 aromatic carbocycles. The summed E-state index contributed by atoms with van der Waals surface area (Å²) < 4.78 is 5.28. The molecule has 0 amide bonds. The topological polar surface area (TPSA) is 43.4 Å². The number of hydrogen-bond acceptors (Lipinski definition) is 3. The van der Waals surface area contributed by atoms with Crippen LogP contribution >= 0.6 is 0 Å². The number of ether oxygens (including phenoxy) is 1. The van der Waals surface area contributed by atoms with Gasteiger partial charge < -0.3 is 4.74 Å². The fraction of sp³-hybridized carbons (Fsp3) is 0.263. The Morgan fingerprint density at radius 3 is 1.73 bits per heavy atom. The SMILES string of the molecule is Cc1ccc(C(=O)c2ccc(OC(=O)C(C)(C)C)cc2)cc1. The number of hydrogen-bond donors (Lipinski definition) is 0. The molecule has 0 spiro atoms. The average molecular weight is 296 g/mol. The van der Waals surface area contributed by atoms with Crippen molar-refractivity contribution in [3.05, 3.63) is 65.2 Å². The van der Waals surface area contributed by atoms with Gasteiger partial charge in [-0.1, -0.05) is 29.8 Å². The molecule has 0 unspecified atom stereocenters. The van der Waals surface area contributed by atoms with Gasteiger partial charge in [0.25, 0.3) is 0 Å². The van der Waals surface area contributed by atoms with E-state index >= 15 is 0 Å². The van der Waals surface area contributed by atoms with Crippen molar-refractivity contribution in [2.75, 3.05) is 0 Å². The Kier molecular flexibility index (Phi) is 4.45. The molecule has 0 aliphatic carbocycles. The molecule has 0 heterocycles. The Morgan fingerprint density at radius 2 is 1.27 bits per heavy atom. The second-order valence-electron chi connectivity index (χ2n) is 6.36. The molecule has 3 nitrogen and oxygen atoms in total. The molecule has 0 aliphatic rings. The highest BCUT2D eigenvalue weighted by Crippen LogP contribution is 2.20. The zero-order chi connectivity index (χ0) is 16.3. The molecule has 0 saturated heterocycles. The first kappa shape index (κ1) is 16.0. The Labute approximate surface area is 130 Å². The van der Waals surface area contributed by atoms with Gasteiger partial charge in [0, 0.05) is 11.1 Å². The maximum absolute atomic E-state index is 12.3. The van der Waals surface area contributed by atoms with Crippen LogP contribution < -0.4 is 4.74 Å². The summed E-state index contributed by atoms with van der Waals surface area (Å²) in [5, 5.41) is 0. The molecule has 0 bridgehead atoms. The molecule has 22 heavy (non-hydrogen) atoms. The van der Waals surface area contributed by atoms with E-state index in [1.807, 2.05) is 31.2 Å². The lowest BCUT2D eigenvalue weighted by molar-refractivity contribution is -0.142. The molecule has 0 radical (unpaired) electrons. The van der Waals surface area contributed by atoms with Crippen LogP contribution in [0.25, 0.3) is 0 Å². The highest BCUT2D eigenvalue weighted by atomic mass is 16.5. The summed E-state index contributed by atoms with van der Waals surface area (Å²) in [6.45, 7) is 7.37. The van der Waals surface area contributed by atoms with E-state index in [4.69, 9.17) is 4.74 Å². The molecule has 2 aromatic rings. The van der Waals surface area contributed by atoms with Crippen LogP contribution in [0.2, 0.25) is 0 Å². The predicted molar refractivity (Wildman–Crippen MR) is 86.1 cm³/mol. The van der Waals surface area contributed by atoms with Crippen LogP contribution in [0.4, 0.5) is 0 Å². The summed E-state index contributed by atoms with van der Waals surface area (Å²) in [5.41, 5.74) is 1.77. The largest absolute Gasteiger partial charge is 0.426 e. The van der Waals surface area contributed by atoms with E-state index in [-0.39, 0.29) is 11.8 Å². The second-order valence-corrected chi connectivity index (χ2v) is 6.36. The molecule has 114 valence electrons. The van der Waals surface area contributed by atoms with Crippen LogP contribution in [0.15, 0.2) is 48.5 Å². The summed E-state index contributed by atoms with van der Waals surface area (Å²) in [4.78, 5) is 24.2. The van der Waals surface area contributed by atoms with E-state index in [2.05, 4.69) is 0 Å². The van der Waals surface area contributed by atoms with Crippen LogP contribution in [0.3, 0.4) is 0 Å². The van der Waals surface area contributed by atoms with Crippen molar-refractivity contribution >= 4 is 11.8 Å². The van der Waals surface area contributed by atoms with Gasteiger partial charge in [-0.15, -0.1) is 0 Å². The number of aryl methyl sites for hydroxylation is 1. The Hall–Kier alpha value is -2.42. The summed E-state index contributed by atoms with van der Waals surface area (Å²) in [6, 6.07) is 14.1. The number of carbonyl (C=O) groups is 2. The van der Waals surface area contributed by atoms with E-state index in [0.717, 1.165) is 5.56 Å². The number of ketones is 1. The number of carbonyl (C=O) groups excluding carboxylic acids is 2. The highest BCUT2D eigenvalue weighted by molar-refractivity contribution is 6.09. The van der Waals surface area contributed by atoms with E-state index in [1.54, 1.807) is 45.0 Å². The molecule has 0 fully saturated rings. The smallest absolute Gasteiger partial charge is 0.316 e. The lowest BCUT2D eigenvalue weighted by Gasteiger charge is -2.16. The van der Waals surface area contributed by atoms with Gasteiger partial charge in [-0.3, -0.25) is 9.59 Å². The third kappa shape index (κ3) is 3.82. The molecule has 0 aromatic heterocycles. The van der Waals surface area contributed by atoms with Crippen molar-refractivity contribution in [3.8, 4) is 5.75 Å². The zero-order valence-corrected chi connectivity index (χ0v) is 13.3. The molecule has 3 heteroatoms. The summed E-state index contributed by atoms with van der Waals surface area (Å²) in [6.07, 6.45) is 0. The zero-order valence-electron chi connectivity index (χ0n) is 13.3. The second kappa shape index (κ2) is 6.14. The first-order valence-corrected chi connectivity index (χ1v) is 7.21. The predicted octanol–water partition coefficient (Wildman–Crippen LogP) is 4.18. The molecule has 0 atom stereocenters. The minimum absolute atomic E-state index is 0.0475. The Morgan fingerprint density at radius 1 is 0.818 bits per heavy atom. The third-order valence-corrected chi connectivity index (χ3v) is 3.25. The van der Waals surface area contributed by atoms with Crippen LogP contribution in [-0.4, -0.2) is 11.8 Å². The maximum atomic E-state index is 12.3. The Bertz CT molecular complexity index is 674. The third-order valence-electron chi connectivity index (χ3n) is 3.25.